The second-order valence-electron chi connectivity index (χ2n) is 3.58. The smallest absolute Gasteiger partial charge is 0.180 e. The Labute approximate surface area is 101 Å². The average molecular weight is 285 g/mol. The minimum Gasteiger partial charge on any atom is -0.486 e. The van der Waals surface area contributed by atoms with Gasteiger partial charge < -0.3 is 10.1 Å². The molecule has 0 bridgehead atoms. The first-order valence-electron chi connectivity index (χ1n) is 4.98. The molecule has 3 nitrogen and oxygen atoms in total. The molecule has 0 saturated carbocycles. The Morgan fingerprint density at radius 3 is 3.00 bits per heavy atom. The molecule has 1 aliphatic heterocycles. The topological polar surface area (TPSA) is 45.0 Å². The highest BCUT2D eigenvalue weighted by Crippen LogP contribution is 2.29. The molecule has 1 atom stereocenters. The molecule has 0 amide bonds. The van der Waals surface area contributed by atoms with Crippen LogP contribution < -0.4 is 10.1 Å². The molecule has 1 fully saturated rings. The summed E-state index contributed by atoms with van der Waals surface area (Å²) in [5.74, 6) is -0.314. The van der Waals surface area contributed by atoms with E-state index in [4.69, 9.17) is 10.00 Å². The highest BCUT2D eigenvalue weighted by molar-refractivity contribution is 9.10. The van der Waals surface area contributed by atoms with Crippen LogP contribution in [0.15, 0.2) is 16.6 Å². The minimum absolute atomic E-state index is 0.00864. The third-order valence-corrected chi connectivity index (χ3v) is 3.25. The van der Waals surface area contributed by atoms with Gasteiger partial charge in [0.2, 0.25) is 0 Å². The van der Waals surface area contributed by atoms with E-state index < -0.39 is 5.82 Å². The maximum absolute atomic E-state index is 13.8. The third kappa shape index (κ3) is 2.18. The highest BCUT2D eigenvalue weighted by atomic mass is 79.9. The van der Waals surface area contributed by atoms with Crippen LogP contribution >= 0.6 is 15.9 Å². The number of halogens is 2. The Kier molecular flexibility index (Phi) is 3.42. The third-order valence-electron chi connectivity index (χ3n) is 2.48. The lowest BCUT2D eigenvalue weighted by atomic mass is 10.2. The van der Waals surface area contributed by atoms with E-state index in [1.54, 1.807) is 6.07 Å². The molecule has 1 aromatic carbocycles. The molecule has 0 aliphatic carbocycles. The highest BCUT2D eigenvalue weighted by Gasteiger charge is 2.19. The van der Waals surface area contributed by atoms with Gasteiger partial charge in [0, 0.05) is 6.54 Å². The number of nitrogens with one attached hydrogen (secondary N) is 1. The van der Waals surface area contributed by atoms with Crippen LogP contribution in [0.25, 0.3) is 0 Å². The Bertz CT molecular complexity index is 438. The molecular weight excluding hydrogens is 275 g/mol. The fraction of sp³-hybridized carbons (Fsp3) is 0.364. The average Bonchev–Trinajstić information content (AvgIpc) is 2.78. The molecule has 2 rings (SSSR count). The van der Waals surface area contributed by atoms with Crippen LogP contribution in [0.1, 0.15) is 12.0 Å². The Balaban J connectivity index is 2.22. The number of hydrogen-bond acceptors (Lipinski definition) is 3. The van der Waals surface area contributed by atoms with Gasteiger partial charge in [-0.25, -0.2) is 4.39 Å². The first-order chi connectivity index (χ1) is 7.72. The van der Waals surface area contributed by atoms with E-state index in [2.05, 4.69) is 21.2 Å². The predicted molar refractivity (Wildman–Crippen MR) is 60.7 cm³/mol. The van der Waals surface area contributed by atoms with Gasteiger partial charge in [-0.1, -0.05) is 0 Å². The maximum Gasteiger partial charge on any atom is 0.180 e. The minimum atomic E-state index is -0.508. The Morgan fingerprint density at radius 1 is 1.56 bits per heavy atom. The van der Waals surface area contributed by atoms with E-state index >= 15 is 0 Å². The van der Waals surface area contributed by atoms with Crippen LogP contribution in [-0.2, 0) is 0 Å². The van der Waals surface area contributed by atoms with Crippen molar-refractivity contribution >= 4 is 15.9 Å². The lowest BCUT2D eigenvalue weighted by Gasteiger charge is -2.13. The zero-order valence-corrected chi connectivity index (χ0v) is 10.1. The summed E-state index contributed by atoms with van der Waals surface area (Å²) in [5.41, 5.74) is 0.273. The van der Waals surface area contributed by atoms with Gasteiger partial charge in [-0.2, -0.15) is 5.26 Å². The molecule has 1 unspecified atom stereocenters. The van der Waals surface area contributed by atoms with Crippen molar-refractivity contribution in [1.29, 1.82) is 5.26 Å². The molecule has 1 saturated heterocycles. The number of rotatable bonds is 2. The number of ether oxygens (including phenoxy) is 1. The Morgan fingerprint density at radius 2 is 2.38 bits per heavy atom. The van der Waals surface area contributed by atoms with Gasteiger partial charge in [0.25, 0.3) is 0 Å². The summed E-state index contributed by atoms with van der Waals surface area (Å²) in [5, 5.41) is 11.9. The molecule has 0 spiro atoms. The summed E-state index contributed by atoms with van der Waals surface area (Å²) in [4.78, 5) is 0. The zero-order chi connectivity index (χ0) is 11.5. The van der Waals surface area contributed by atoms with Crippen molar-refractivity contribution in [2.45, 2.75) is 12.5 Å². The van der Waals surface area contributed by atoms with Gasteiger partial charge in [0.1, 0.15) is 12.2 Å². The van der Waals surface area contributed by atoms with Gasteiger partial charge in [-0.15, -0.1) is 0 Å². The molecule has 16 heavy (non-hydrogen) atoms. The maximum atomic E-state index is 13.8. The lowest BCUT2D eigenvalue weighted by Crippen LogP contribution is -2.20. The summed E-state index contributed by atoms with van der Waals surface area (Å²) in [6.07, 6.45) is 0.881. The number of nitrogens with zero attached hydrogens (tertiary/aromatic N) is 1. The number of nitriles is 1. The van der Waals surface area contributed by atoms with E-state index in [0.717, 1.165) is 19.5 Å². The van der Waals surface area contributed by atoms with Crippen molar-refractivity contribution < 1.29 is 9.13 Å². The van der Waals surface area contributed by atoms with Gasteiger partial charge in [0.05, 0.1) is 10.0 Å². The van der Waals surface area contributed by atoms with Crippen LogP contribution in [0.4, 0.5) is 4.39 Å². The van der Waals surface area contributed by atoms with Crippen LogP contribution in [0.2, 0.25) is 0 Å². The van der Waals surface area contributed by atoms with E-state index in [1.807, 2.05) is 6.07 Å². The van der Waals surface area contributed by atoms with E-state index in [9.17, 15) is 4.39 Å². The molecule has 1 aromatic rings. The van der Waals surface area contributed by atoms with Crippen molar-refractivity contribution in [3.63, 3.8) is 0 Å². The summed E-state index contributed by atoms with van der Waals surface area (Å²) >= 11 is 3.05. The first-order valence-corrected chi connectivity index (χ1v) is 5.77. The van der Waals surface area contributed by atoms with Crippen LogP contribution in [0, 0.1) is 17.1 Å². The Hall–Kier alpha value is -1.12. The lowest BCUT2D eigenvalue weighted by molar-refractivity contribution is 0.212. The van der Waals surface area contributed by atoms with E-state index in [-0.39, 0.29) is 21.9 Å². The van der Waals surface area contributed by atoms with Gasteiger partial charge >= 0.3 is 0 Å². The fourth-order valence-electron chi connectivity index (χ4n) is 1.62. The molecule has 5 heteroatoms. The summed E-state index contributed by atoms with van der Waals surface area (Å²) < 4.78 is 19.4. The molecule has 84 valence electrons. The normalized spacial score (nSPS) is 19.4. The number of benzene rings is 1. The monoisotopic (exact) mass is 284 g/mol. The van der Waals surface area contributed by atoms with Gasteiger partial charge in [0.15, 0.2) is 11.6 Å². The second-order valence-corrected chi connectivity index (χ2v) is 4.38. The van der Waals surface area contributed by atoms with Crippen LogP contribution in [-0.4, -0.2) is 19.2 Å². The van der Waals surface area contributed by atoms with Crippen molar-refractivity contribution in [3.05, 3.63) is 28.0 Å². The standard InChI is InChI=1S/C11H10BrFN2O/c12-10-7(5-14)1-2-9(11(10)13)16-8-3-4-15-6-8/h1-2,8,15H,3-4,6H2. The van der Waals surface area contributed by atoms with Crippen molar-refractivity contribution in [3.8, 4) is 11.8 Å². The molecular formula is C11H10BrFN2O. The zero-order valence-electron chi connectivity index (χ0n) is 8.46. The predicted octanol–water partition coefficient (Wildman–Crippen LogP) is 2.20. The molecule has 1 heterocycles. The summed E-state index contributed by atoms with van der Waals surface area (Å²) in [7, 11) is 0. The molecule has 0 radical (unpaired) electrons. The van der Waals surface area contributed by atoms with E-state index in [0.29, 0.717) is 0 Å². The summed E-state index contributed by atoms with van der Waals surface area (Å²) in [6.45, 7) is 1.63. The van der Waals surface area contributed by atoms with Crippen molar-refractivity contribution in [2.75, 3.05) is 13.1 Å². The molecule has 1 aliphatic rings. The molecule has 0 aromatic heterocycles. The van der Waals surface area contributed by atoms with E-state index in [1.165, 1.54) is 6.07 Å². The van der Waals surface area contributed by atoms with Gasteiger partial charge in [-0.3, -0.25) is 0 Å². The van der Waals surface area contributed by atoms with Gasteiger partial charge in [-0.05, 0) is 41.0 Å². The largest absolute Gasteiger partial charge is 0.486 e. The first kappa shape index (κ1) is 11.4. The van der Waals surface area contributed by atoms with Crippen molar-refractivity contribution in [2.24, 2.45) is 0 Å². The quantitative estimate of drug-likeness (QED) is 0.906. The van der Waals surface area contributed by atoms with Crippen molar-refractivity contribution in [1.82, 2.24) is 5.32 Å². The molecule has 1 N–H and O–H groups in total. The van der Waals surface area contributed by atoms with Crippen LogP contribution in [0.3, 0.4) is 0 Å². The SMILES string of the molecule is N#Cc1ccc(OC2CCNC2)c(F)c1Br. The summed E-state index contributed by atoms with van der Waals surface area (Å²) in [6, 6.07) is 4.95. The fourth-order valence-corrected chi connectivity index (χ4v) is 2.03. The second kappa shape index (κ2) is 4.81. The number of hydrogen-bond donors (Lipinski definition) is 1. The van der Waals surface area contributed by atoms with Crippen LogP contribution in [0.5, 0.6) is 5.75 Å².